The summed E-state index contributed by atoms with van der Waals surface area (Å²) in [6, 6.07) is 13.0. The number of fused-ring (bicyclic) bond motifs is 1. The van der Waals surface area contributed by atoms with Gasteiger partial charge in [-0.3, -0.25) is 14.8 Å². The monoisotopic (exact) mass is 443 g/mol. The fourth-order valence-electron chi connectivity index (χ4n) is 3.83. The molecular formula is C26H25N3O4. The molecule has 4 aromatic rings. The summed E-state index contributed by atoms with van der Waals surface area (Å²) in [5.41, 5.74) is 3.32. The summed E-state index contributed by atoms with van der Waals surface area (Å²) in [6.07, 6.45) is 7.37. The minimum Gasteiger partial charge on any atom is -0.497 e. The van der Waals surface area contributed by atoms with Crippen LogP contribution in [0, 0.1) is 6.92 Å². The first-order valence-electron chi connectivity index (χ1n) is 10.7. The number of aryl methyl sites for hydroxylation is 1. The molecule has 0 saturated heterocycles. The van der Waals surface area contributed by atoms with Gasteiger partial charge in [0.1, 0.15) is 11.3 Å². The molecule has 7 heteroatoms. The van der Waals surface area contributed by atoms with E-state index in [-0.39, 0.29) is 12.3 Å². The highest BCUT2D eigenvalue weighted by atomic mass is 16.5. The smallest absolute Gasteiger partial charge is 0.339 e. The van der Waals surface area contributed by atoms with Crippen molar-refractivity contribution < 1.29 is 13.9 Å². The molecule has 168 valence electrons. The first-order valence-corrected chi connectivity index (χ1v) is 10.7. The molecule has 0 aliphatic rings. The van der Waals surface area contributed by atoms with Crippen LogP contribution in [0.15, 0.2) is 76.5 Å². The van der Waals surface area contributed by atoms with Gasteiger partial charge in [0.2, 0.25) is 5.91 Å². The molecule has 0 aliphatic heterocycles. The molecule has 0 saturated carbocycles. The Hall–Kier alpha value is -4.00. The highest BCUT2D eigenvalue weighted by Crippen LogP contribution is 2.24. The molecule has 0 unspecified atom stereocenters. The molecule has 4 rings (SSSR count). The molecule has 0 aliphatic carbocycles. The van der Waals surface area contributed by atoms with Crippen molar-refractivity contribution in [1.82, 2.24) is 14.9 Å². The summed E-state index contributed by atoms with van der Waals surface area (Å²) in [5, 5.41) is 0.835. The number of carbonyl (C=O) groups is 1. The molecule has 0 fully saturated rings. The number of pyridine rings is 2. The van der Waals surface area contributed by atoms with E-state index in [0.717, 1.165) is 22.1 Å². The predicted molar refractivity (Wildman–Crippen MR) is 125 cm³/mol. The Bertz CT molecular complexity index is 1260. The van der Waals surface area contributed by atoms with E-state index in [1.54, 1.807) is 42.9 Å². The topological polar surface area (TPSA) is 85.5 Å². The van der Waals surface area contributed by atoms with E-state index < -0.39 is 5.63 Å². The van der Waals surface area contributed by atoms with Crippen molar-refractivity contribution in [2.45, 2.75) is 32.9 Å². The van der Waals surface area contributed by atoms with Crippen LogP contribution in [0.3, 0.4) is 0 Å². The number of hydrogen-bond acceptors (Lipinski definition) is 6. The minimum absolute atomic E-state index is 0.0516. The van der Waals surface area contributed by atoms with Gasteiger partial charge in [0, 0.05) is 61.3 Å². The second-order valence-corrected chi connectivity index (χ2v) is 7.82. The van der Waals surface area contributed by atoms with Gasteiger partial charge in [-0.05, 0) is 60.4 Å². The molecule has 7 nitrogen and oxygen atoms in total. The third-order valence-electron chi connectivity index (χ3n) is 5.66. The van der Waals surface area contributed by atoms with Crippen LogP contribution in [0.1, 0.15) is 28.7 Å². The van der Waals surface area contributed by atoms with Crippen molar-refractivity contribution in [3.8, 4) is 5.75 Å². The first kappa shape index (κ1) is 22.2. The van der Waals surface area contributed by atoms with E-state index in [2.05, 4.69) is 9.97 Å². The van der Waals surface area contributed by atoms with E-state index in [0.29, 0.717) is 36.4 Å². The summed E-state index contributed by atoms with van der Waals surface area (Å²) >= 11 is 0. The van der Waals surface area contributed by atoms with Gasteiger partial charge in [-0.2, -0.15) is 0 Å². The molecular weight excluding hydrogens is 418 g/mol. The zero-order chi connectivity index (χ0) is 23.2. The fourth-order valence-corrected chi connectivity index (χ4v) is 3.83. The maximum atomic E-state index is 13.2. The van der Waals surface area contributed by atoms with Gasteiger partial charge in [0.15, 0.2) is 0 Å². The predicted octanol–water partition coefficient (Wildman–Crippen LogP) is 4.06. The van der Waals surface area contributed by atoms with Gasteiger partial charge in [-0.15, -0.1) is 0 Å². The van der Waals surface area contributed by atoms with Gasteiger partial charge in [0.05, 0.1) is 7.11 Å². The van der Waals surface area contributed by atoms with Gasteiger partial charge in [-0.25, -0.2) is 4.79 Å². The number of nitrogens with zero attached hydrogens (tertiary/aromatic N) is 3. The molecule has 1 aromatic carbocycles. The fraction of sp³-hybridized carbons (Fsp3) is 0.231. The lowest BCUT2D eigenvalue weighted by Gasteiger charge is -2.23. The lowest BCUT2D eigenvalue weighted by atomic mass is 10.0. The van der Waals surface area contributed by atoms with Crippen LogP contribution in [-0.2, 0) is 24.3 Å². The zero-order valence-corrected chi connectivity index (χ0v) is 18.7. The van der Waals surface area contributed by atoms with Crippen LogP contribution in [0.25, 0.3) is 11.0 Å². The Labute approximate surface area is 191 Å². The van der Waals surface area contributed by atoms with E-state index in [1.807, 2.05) is 43.3 Å². The average molecular weight is 444 g/mol. The van der Waals surface area contributed by atoms with Crippen molar-refractivity contribution in [3.05, 3.63) is 99.9 Å². The highest BCUT2D eigenvalue weighted by Gasteiger charge is 2.18. The molecule has 0 N–H and O–H groups in total. The Morgan fingerprint density at radius 3 is 2.55 bits per heavy atom. The van der Waals surface area contributed by atoms with E-state index in [9.17, 15) is 9.59 Å². The number of carbonyl (C=O) groups excluding carboxylic acids is 1. The molecule has 3 heterocycles. The Kier molecular flexibility index (Phi) is 6.78. The number of ether oxygens (including phenoxy) is 1. The Morgan fingerprint density at radius 2 is 1.82 bits per heavy atom. The zero-order valence-electron chi connectivity index (χ0n) is 18.7. The Balaban J connectivity index is 1.55. The van der Waals surface area contributed by atoms with Crippen LogP contribution in [-0.4, -0.2) is 27.9 Å². The second-order valence-electron chi connectivity index (χ2n) is 7.82. The molecule has 0 atom stereocenters. The highest BCUT2D eigenvalue weighted by molar-refractivity contribution is 5.82. The van der Waals surface area contributed by atoms with Crippen LogP contribution < -0.4 is 10.4 Å². The van der Waals surface area contributed by atoms with Gasteiger partial charge < -0.3 is 14.1 Å². The number of methoxy groups -OCH3 is 1. The summed E-state index contributed by atoms with van der Waals surface area (Å²) in [5.74, 6) is 0.569. The van der Waals surface area contributed by atoms with Crippen molar-refractivity contribution in [3.63, 3.8) is 0 Å². The van der Waals surface area contributed by atoms with E-state index >= 15 is 0 Å². The van der Waals surface area contributed by atoms with E-state index in [4.69, 9.17) is 9.15 Å². The SMILES string of the molecule is COc1ccc2c(C)c(CCC(=O)N(Cc3ccncc3)Cc3cccnc3)c(=O)oc2c1. The van der Waals surface area contributed by atoms with Gasteiger partial charge in [-0.1, -0.05) is 6.07 Å². The number of aromatic nitrogens is 2. The first-order chi connectivity index (χ1) is 16.0. The number of rotatable bonds is 8. The summed E-state index contributed by atoms with van der Waals surface area (Å²) in [6.45, 7) is 2.76. The van der Waals surface area contributed by atoms with Gasteiger partial charge >= 0.3 is 5.63 Å². The number of hydrogen-bond donors (Lipinski definition) is 0. The van der Waals surface area contributed by atoms with Gasteiger partial charge in [0.25, 0.3) is 0 Å². The summed E-state index contributed by atoms with van der Waals surface area (Å²) in [4.78, 5) is 35.9. The third-order valence-corrected chi connectivity index (χ3v) is 5.66. The quantitative estimate of drug-likeness (QED) is 0.382. The maximum Gasteiger partial charge on any atom is 0.339 e. The third kappa shape index (κ3) is 5.26. The number of benzene rings is 1. The van der Waals surface area contributed by atoms with Crippen LogP contribution in [0.5, 0.6) is 5.75 Å². The molecule has 0 radical (unpaired) electrons. The normalized spacial score (nSPS) is 10.8. The number of amides is 1. The maximum absolute atomic E-state index is 13.2. The van der Waals surface area contributed by atoms with Crippen molar-refractivity contribution in [2.75, 3.05) is 7.11 Å². The van der Waals surface area contributed by atoms with Crippen LogP contribution in [0.4, 0.5) is 0 Å². The molecule has 0 spiro atoms. The molecule has 1 amide bonds. The van der Waals surface area contributed by atoms with Crippen LogP contribution in [0.2, 0.25) is 0 Å². The van der Waals surface area contributed by atoms with Crippen molar-refractivity contribution >= 4 is 16.9 Å². The lowest BCUT2D eigenvalue weighted by Crippen LogP contribution is -2.30. The van der Waals surface area contributed by atoms with E-state index in [1.165, 1.54) is 0 Å². The average Bonchev–Trinajstić information content (AvgIpc) is 2.84. The van der Waals surface area contributed by atoms with Crippen molar-refractivity contribution in [2.24, 2.45) is 0 Å². The summed E-state index contributed by atoms with van der Waals surface area (Å²) in [7, 11) is 1.56. The molecule has 33 heavy (non-hydrogen) atoms. The standard InChI is InChI=1S/C26H25N3O4/c1-18-22-6-5-21(32-2)14-24(22)33-26(31)23(18)7-8-25(30)29(16-19-9-12-27-13-10-19)17-20-4-3-11-28-15-20/h3-6,9-15H,7-8,16-17H2,1-2H3. The largest absolute Gasteiger partial charge is 0.497 e. The van der Waals surface area contributed by atoms with Crippen molar-refractivity contribution in [1.29, 1.82) is 0 Å². The second kappa shape index (κ2) is 10.1. The molecule has 3 aromatic heterocycles. The van der Waals surface area contributed by atoms with Crippen LogP contribution >= 0.6 is 0 Å². The summed E-state index contributed by atoms with van der Waals surface area (Å²) < 4.78 is 10.7. The Morgan fingerprint density at radius 1 is 1.03 bits per heavy atom. The molecule has 0 bridgehead atoms. The lowest BCUT2D eigenvalue weighted by molar-refractivity contribution is -0.132. The minimum atomic E-state index is -0.422.